The van der Waals surface area contributed by atoms with E-state index in [9.17, 15) is 0 Å². The van der Waals surface area contributed by atoms with Crippen molar-refractivity contribution in [3.63, 3.8) is 0 Å². The van der Waals surface area contributed by atoms with Gasteiger partial charge in [0.25, 0.3) is 0 Å². The maximum absolute atomic E-state index is 9.15. The van der Waals surface area contributed by atoms with Gasteiger partial charge in [-0.25, -0.2) is 4.98 Å². The summed E-state index contributed by atoms with van der Waals surface area (Å²) in [5.41, 5.74) is 0.943. The van der Waals surface area contributed by atoms with Crippen LogP contribution in [0.4, 0.5) is 11.5 Å². The highest BCUT2D eigenvalue weighted by Crippen LogP contribution is 2.19. The van der Waals surface area contributed by atoms with E-state index in [1.165, 1.54) is 0 Å². The summed E-state index contributed by atoms with van der Waals surface area (Å²) in [6.07, 6.45) is 1.40. The van der Waals surface area contributed by atoms with Gasteiger partial charge in [-0.1, -0.05) is 0 Å². The second-order valence-electron chi connectivity index (χ2n) is 3.50. The quantitative estimate of drug-likeness (QED) is 0.750. The molecule has 4 heteroatoms. The number of pyridine rings is 1. The lowest BCUT2D eigenvalue weighted by Crippen LogP contribution is -2.19. The molecule has 0 spiro atoms. The number of anilines is 2. The minimum absolute atomic E-state index is 0.356. The number of aromatic nitrogens is 1. The Bertz CT molecular complexity index is 286. The monoisotopic (exact) mass is 195 g/mol. The van der Waals surface area contributed by atoms with Crippen LogP contribution in [-0.4, -0.2) is 36.8 Å². The molecule has 0 amide bonds. The summed E-state index contributed by atoms with van der Waals surface area (Å²) in [6.45, 7) is 2.28. The Morgan fingerprint density at radius 3 is 2.86 bits per heavy atom. The van der Waals surface area contributed by atoms with Gasteiger partial charge in [0, 0.05) is 26.8 Å². The molecule has 2 N–H and O–H groups in total. The highest BCUT2D eigenvalue weighted by Gasteiger charge is 2.04. The number of hydrogen-bond donors (Lipinski definition) is 2. The molecule has 1 aromatic heterocycles. The highest BCUT2D eigenvalue weighted by atomic mass is 16.3. The lowest BCUT2D eigenvalue weighted by Gasteiger charge is -2.17. The van der Waals surface area contributed by atoms with Gasteiger partial charge in [-0.15, -0.1) is 0 Å². The lowest BCUT2D eigenvalue weighted by atomic mass is 10.3. The first kappa shape index (κ1) is 10.8. The smallest absolute Gasteiger partial charge is 0.151 e. The third-order valence-corrected chi connectivity index (χ3v) is 1.80. The van der Waals surface area contributed by atoms with E-state index in [1.54, 1.807) is 13.1 Å². The fourth-order valence-corrected chi connectivity index (χ4v) is 1.15. The van der Waals surface area contributed by atoms with Crippen LogP contribution in [0.15, 0.2) is 18.3 Å². The summed E-state index contributed by atoms with van der Waals surface area (Å²) < 4.78 is 0. The fraction of sp³-hybridized carbons (Fsp3) is 0.500. The average Bonchev–Trinajstić information content (AvgIpc) is 2.15. The molecule has 0 fully saturated rings. The molecule has 14 heavy (non-hydrogen) atoms. The van der Waals surface area contributed by atoms with Gasteiger partial charge in [0.05, 0.1) is 11.8 Å². The van der Waals surface area contributed by atoms with E-state index >= 15 is 0 Å². The zero-order chi connectivity index (χ0) is 10.6. The Morgan fingerprint density at radius 1 is 1.57 bits per heavy atom. The number of nitrogens with zero attached hydrogens (tertiary/aromatic N) is 2. The Kier molecular flexibility index (Phi) is 3.71. The minimum Gasteiger partial charge on any atom is -0.392 e. The molecule has 0 aromatic carbocycles. The van der Waals surface area contributed by atoms with E-state index in [2.05, 4.69) is 10.3 Å². The van der Waals surface area contributed by atoms with Crippen molar-refractivity contribution in [3.05, 3.63) is 18.3 Å². The van der Waals surface area contributed by atoms with Gasteiger partial charge in [0.2, 0.25) is 0 Å². The molecule has 0 aliphatic rings. The van der Waals surface area contributed by atoms with Gasteiger partial charge in [0.15, 0.2) is 5.82 Å². The van der Waals surface area contributed by atoms with E-state index in [4.69, 9.17) is 5.11 Å². The first-order valence-electron chi connectivity index (χ1n) is 4.65. The summed E-state index contributed by atoms with van der Waals surface area (Å²) in [6, 6.07) is 3.82. The molecular weight excluding hydrogens is 178 g/mol. The molecule has 0 saturated heterocycles. The fourth-order valence-electron chi connectivity index (χ4n) is 1.15. The molecule has 0 unspecified atom stereocenters. The molecule has 0 aliphatic carbocycles. The van der Waals surface area contributed by atoms with Crippen LogP contribution >= 0.6 is 0 Å². The molecule has 0 radical (unpaired) electrons. The van der Waals surface area contributed by atoms with E-state index in [-0.39, 0.29) is 6.10 Å². The van der Waals surface area contributed by atoms with Crippen molar-refractivity contribution >= 4 is 11.5 Å². The van der Waals surface area contributed by atoms with Crippen LogP contribution < -0.4 is 10.2 Å². The van der Waals surface area contributed by atoms with Crippen LogP contribution in [0.1, 0.15) is 6.92 Å². The maximum Gasteiger partial charge on any atom is 0.151 e. The SMILES string of the molecule is C[C@@H](O)CNc1cccnc1N(C)C. The van der Waals surface area contributed by atoms with Gasteiger partial charge in [-0.3, -0.25) is 0 Å². The maximum atomic E-state index is 9.15. The van der Waals surface area contributed by atoms with Crippen LogP contribution in [0.25, 0.3) is 0 Å². The first-order chi connectivity index (χ1) is 6.61. The third-order valence-electron chi connectivity index (χ3n) is 1.80. The van der Waals surface area contributed by atoms with E-state index in [0.717, 1.165) is 11.5 Å². The van der Waals surface area contributed by atoms with E-state index in [1.807, 2.05) is 31.1 Å². The summed E-state index contributed by atoms with van der Waals surface area (Å²) in [5.74, 6) is 0.883. The molecule has 0 aliphatic heterocycles. The van der Waals surface area contributed by atoms with Crippen LogP contribution in [0, 0.1) is 0 Å². The summed E-state index contributed by atoms with van der Waals surface area (Å²) in [5, 5.41) is 12.3. The van der Waals surface area contributed by atoms with E-state index < -0.39 is 0 Å². The van der Waals surface area contributed by atoms with Gasteiger partial charge in [-0.05, 0) is 19.1 Å². The molecule has 1 heterocycles. The summed E-state index contributed by atoms with van der Waals surface area (Å²) >= 11 is 0. The predicted molar refractivity (Wildman–Crippen MR) is 58.7 cm³/mol. The second-order valence-corrected chi connectivity index (χ2v) is 3.50. The van der Waals surface area contributed by atoms with Crippen LogP contribution in [0.5, 0.6) is 0 Å². The summed E-state index contributed by atoms with van der Waals surface area (Å²) in [7, 11) is 3.88. The first-order valence-corrected chi connectivity index (χ1v) is 4.65. The van der Waals surface area contributed by atoms with Crippen molar-refractivity contribution < 1.29 is 5.11 Å². The molecule has 0 bridgehead atoms. The number of hydrogen-bond acceptors (Lipinski definition) is 4. The average molecular weight is 195 g/mol. The molecule has 0 saturated carbocycles. The third kappa shape index (κ3) is 2.88. The molecule has 1 atom stereocenters. The van der Waals surface area contributed by atoms with Crippen LogP contribution in [0.3, 0.4) is 0 Å². The number of nitrogens with one attached hydrogen (secondary N) is 1. The molecule has 1 rings (SSSR count). The lowest BCUT2D eigenvalue weighted by molar-refractivity contribution is 0.208. The zero-order valence-electron chi connectivity index (χ0n) is 8.86. The largest absolute Gasteiger partial charge is 0.392 e. The van der Waals surface area contributed by atoms with Crippen molar-refractivity contribution in [1.82, 2.24) is 4.98 Å². The minimum atomic E-state index is -0.356. The predicted octanol–water partition coefficient (Wildman–Crippen LogP) is 0.940. The Labute approximate surface area is 84.6 Å². The molecule has 78 valence electrons. The van der Waals surface area contributed by atoms with Gasteiger partial charge in [-0.2, -0.15) is 0 Å². The Hall–Kier alpha value is -1.29. The standard InChI is InChI=1S/C10H17N3O/c1-8(14)7-12-9-5-4-6-11-10(9)13(2)3/h4-6,8,12,14H,7H2,1-3H3/t8-/m1/s1. The topological polar surface area (TPSA) is 48.4 Å². The zero-order valence-corrected chi connectivity index (χ0v) is 8.86. The van der Waals surface area contributed by atoms with Crippen molar-refractivity contribution in [3.8, 4) is 0 Å². The molecule has 1 aromatic rings. The molecule has 4 nitrogen and oxygen atoms in total. The molecular formula is C10H17N3O. The van der Waals surface area contributed by atoms with Crippen molar-refractivity contribution in [2.45, 2.75) is 13.0 Å². The van der Waals surface area contributed by atoms with Gasteiger partial charge in [0.1, 0.15) is 0 Å². The van der Waals surface area contributed by atoms with Gasteiger partial charge < -0.3 is 15.3 Å². The Balaban J connectivity index is 2.74. The van der Waals surface area contributed by atoms with Crippen LogP contribution in [-0.2, 0) is 0 Å². The van der Waals surface area contributed by atoms with E-state index in [0.29, 0.717) is 6.54 Å². The summed E-state index contributed by atoms with van der Waals surface area (Å²) in [4.78, 5) is 6.17. The normalized spacial score (nSPS) is 12.3. The number of rotatable bonds is 4. The Morgan fingerprint density at radius 2 is 2.29 bits per heavy atom. The van der Waals surface area contributed by atoms with Crippen LogP contribution in [0.2, 0.25) is 0 Å². The van der Waals surface area contributed by atoms with Gasteiger partial charge >= 0.3 is 0 Å². The second kappa shape index (κ2) is 4.81. The number of aliphatic hydroxyl groups is 1. The van der Waals surface area contributed by atoms with Crippen molar-refractivity contribution in [2.24, 2.45) is 0 Å². The van der Waals surface area contributed by atoms with Crippen molar-refractivity contribution in [2.75, 3.05) is 30.9 Å². The number of aliphatic hydroxyl groups excluding tert-OH is 1. The highest BCUT2D eigenvalue weighted by molar-refractivity contribution is 5.64. The van der Waals surface area contributed by atoms with Crippen molar-refractivity contribution in [1.29, 1.82) is 0 Å².